The summed E-state index contributed by atoms with van der Waals surface area (Å²) < 4.78 is 5.22. The van der Waals surface area contributed by atoms with Crippen LogP contribution in [0.2, 0.25) is 0 Å². The number of carbonyl (C=O) groups is 1. The first kappa shape index (κ1) is 9.20. The van der Waals surface area contributed by atoms with Crippen LogP contribution in [0.3, 0.4) is 0 Å². The second-order valence-corrected chi connectivity index (χ2v) is 2.70. The number of benzene rings is 1. The van der Waals surface area contributed by atoms with Gasteiger partial charge < -0.3 is 9.84 Å². The molecular formula is C9H7N3O3. The summed E-state index contributed by atoms with van der Waals surface area (Å²) in [4.78, 5) is 12.9. The first-order valence-electron chi connectivity index (χ1n) is 4.14. The van der Waals surface area contributed by atoms with Gasteiger partial charge in [0.05, 0.1) is 0 Å². The zero-order valence-electron chi connectivity index (χ0n) is 7.54. The van der Waals surface area contributed by atoms with Gasteiger partial charge in [-0.1, -0.05) is 23.3 Å². The zero-order chi connectivity index (χ0) is 10.7. The Morgan fingerprint density at radius 3 is 2.60 bits per heavy atom. The number of ether oxygens (including phenoxy) is 1. The molecule has 76 valence electrons. The first-order valence-corrected chi connectivity index (χ1v) is 4.14. The van der Waals surface area contributed by atoms with Crippen LogP contribution in [-0.2, 0) is 0 Å². The molecule has 0 aliphatic carbocycles. The number of carboxylic acid groups (broad SMARTS) is 1. The summed E-state index contributed by atoms with van der Waals surface area (Å²) in [5.41, 5.74) is 0. The number of aromatic carboxylic acids is 1. The van der Waals surface area contributed by atoms with Gasteiger partial charge in [-0.3, -0.25) is 4.98 Å². The molecule has 0 fully saturated rings. The molecule has 0 saturated carbocycles. The Labute approximate surface area is 84.5 Å². The van der Waals surface area contributed by atoms with Crippen LogP contribution in [0.1, 0.15) is 10.6 Å². The molecule has 1 aromatic carbocycles. The van der Waals surface area contributed by atoms with E-state index in [0.717, 1.165) is 0 Å². The van der Waals surface area contributed by atoms with Gasteiger partial charge >= 0.3 is 12.0 Å². The Balaban J connectivity index is 2.15. The number of H-pyrrole nitrogens is 1. The fourth-order valence-electron chi connectivity index (χ4n) is 0.989. The van der Waals surface area contributed by atoms with Crippen LogP contribution in [0.4, 0.5) is 0 Å². The summed E-state index contributed by atoms with van der Waals surface area (Å²) in [6.07, 6.45) is 0. The predicted molar refractivity (Wildman–Crippen MR) is 49.9 cm³/mol. The molecule has 2 aromatic rings. The summed E-state index contributed by atoms with van der Waals surface area (Å²) in [7, 11) is 0. The molecule has 6 heteroatoms. The van der Waals surface area contributed by atoms with Gasteiger partial charge in [-0.2, -0.15) is 0 Å². The third-order valence-corrected chi connectivity index (χ3v) is 1.63. The lowest BCUT2D eigenvalue weighted by Gasteiger charge is -1.98. The van der Waals surface area contributed by atoms with E-state index in [9.17, 15) is 4.79 Å². The number of hydrogen-bond acceptors (Lipinski definition) is 4. The van der Waals surface area contributed by atoms with Crippen molar-refractivity contribution in [3.05, 3.63) is 36.2 Å². The van der Waals surface area contributed by atoms with Crippen molar-refractivity contribution in [2.24, 2.45) is 0 Å². The van der Waals surface area contributed by atoms with E-state index in [1.54, 1.807) is 24.3 Å². The summed E-state index contributed by atoms with van der Waals surface area (Å²) >= 11 is 0. The number of aromatic nitrogens is 3. The fraction of sp³-hybridized carbons (Fsp3) is 0. The Bertz CT molecular complexity index is 466. The summed E-state index contributed by atoms with van der Waals surface area (Å²) in [5.74, 6) is -0.864. The van der Waals surface area contributed by atoms with E-state index in [-0.39, 0.29) is 11.8 Å². The van der Waals surface area contributed by atoms with E-state index < -0.39 is 5.97 Å². The van der Waals surface area contributed by atoms with Crippen LogP contribution in [0.25, 0.3) is 0 Å². The molecule has 0 radical (unpaired) electrons. The lowest BCUT2D eigenvalue weighted by atomic mass is 10.3. The number of para-hydroxylation sites is 1. The topological polar surface area (TPSA) is 88.1 Å². The molecule has 0 aliphatic rings. The molecule has 2 rings (SSSR count). The number of carboxylic acids is 1. The molecule has 15 heavy (non-hydrogen) atoms. The van der Waals surface area contributed by atoms with Crippen LogP contribution < -0.4 is 4.74 Å². The maximum atomic E-state index is 10.5. The second kappa shape index (κ2) is 3.79. The Morgan fingerprint density at radius 2 is 2.00 bits per heavy atom. The largest absolute Gasteiger partial charge is 0.475 e. The Kier molecular flexibility index (Phi) is 2.32. The maximum absolute atomic E-state index is 10.5. The monoisotopic (exact) mass is 205 g/mol. The average Bonchev–Trinajstić information content (AvgIpc) is 2.68. The number of nitrogens with one attached hydrogen (secondary N) is 1. The first-order chi connectivity index (χ1) is 7.25. The quantitative estimate of drug-likeness (QED) is 0.788. The lowest BCUT2D eigenvalue weighted by molar-refractivity contribution is 0.0683. The van der Waals surface area contributed by atoms with Crippen molar-refractivity contribution in [2.75, 3.05) is 0 Å². The molecule has 0 saturated heterocycles. The average molecular weight is 205 g/mol. The smallest absolute Gasteiger partial charge is 0.373 e. The van der Waals surface area contributed by atoms with E-state index in [1.165, 1.54) is 0 Å². The summed E-state index contributed by atoms with van der Waals surface area (Å²) in [5, 5.41) is 15.5. The normalized spacial score (nSPS) is 9.87. The van der Waals surface area contributed by atoms with Crippen molar-refractivity contribution in [1.29, 1.82) is 0 Å². The highest BCUT2D eigenvalue weighted by Gasteiger charge is 2.10. The zero-order valence-corrected chi connectivity index (χ0v) is 7.54. The maximum Gasteiger partial charge on any atom is 0.373 e. The predicted octanol–water partition coefficient (Wildman–Crippen LogP) is 1.30. The standard InChI is InChI=1S/C9H7N3O3/c13-8(14)7-10-9(12-11-7)15-6-4-2-1-3-5-6/h1-5H,(H,13,14)(H,10,11,12). The van der Waals surface area contributed by atoms with Crippen molar-refractivity contribution >= 4 is 5.97 Å². The Hall–Kier alpha value is -2.37. The van der Waals surface area contributed by atoms with Crippen LogP contribution in [-0.4, -0.2) is 26.3 Å². The van der Waals surface area contributed by atoms with Gasteiger partial charge in [0, 0.05) is 0 Å². The van der Waals surface area contributed by atoms with Crippen molar-refractivity contribution in [3.8, 4) is 11.8 Å². The summed E-state index contributed by atoms with van der Waals surface area (Å²) in [6.45, 7) is 0. The highest BCUT2D eigenvalue weighted by atomic mass is 16.5. The number of aromatic amines is 1. The molecular weight excluding hydrogens is 198 g/mol. The van der Waals surface area contributed by atoms with E-state index in [0.29, 0.717) is 5.75 Å². The van der Waals surface area contributed by atoms with Crippen LogP contribution in [0.5, 0.6) is 11.8 Å². The molecule has 1 aromatic heterocycles. The van der Waals surface area contributed by atoms with E-state index in [1.807, 2.05) is 6.07 Å². The minimum Gasteiger partial charge on any atom is -0.475 e. The minimum absolute atomic E-state index is 0.0543. The Morgan fingerprint density at radius 1 is 1.27 bits per heavy atom. The van der Waals surface area contributed by atoms with Crippen molar-refractivity contribution in [2.45, 2.75) is 0 Å². The van der Waals surface area contributed by atoms with Gasteiger partial charge in [0.2, 0.25) is 5.82 Å². The molecule has 0 spiro atoms. The molecule has 0 aliphatic heterocycles. The van der Waals surface area contributed by atoms with Crippen molar-refractivity contribution in [1.82, 2.24) is 15.2 Å². The van der Waals surface area contributed by atoms with Gasteiger partial charge in [-0.25, -0.2) is 4.79 Å². The van der Waals surface area contributed by atoms with Gasteiger partial charge in [-0.15, -0.1) is 5.10 Å². The molecule has 2 N–H and O–H groups in total. The van der Waals surface area contributed by atoms with E-state index >= 15 is 0 Å². The number of nitrogens with zero attached hydrogens (tertiary/aromatic N) is 2. The molecule has 0 atom stereocenters. The van der Waals surface area contributed by atoms with Gasteiger partial charge in [0.1, 0.15) is 5.75 Å². The van der Waals surface area contributed by atoms with Gasteiger partial charge in [0.25, 0.3) is 0 Å². The highest BCUT2D eigenvalue weighted by molar-refractivity contribution is 5.82. The van der Waals surface area contributed by atoms with Crippen molar-refractivity contribution < 1.29 is 14.6 Å². The van der Waals surface area contributed by atoms with Crippen LogP contribution in [0.15, 0.2) is 30.3 Å². The highest BCUT2D eigenvalue weighted by Crippen LogP contribution is 2.15. The molecule has 0 unspecified atom stereocenters. The lowest BCUT2D eigenvalue weighted by Crippen LogP contribution is -1.98. The van der Waals surface area contributed by atoms with Crippen molar-refractivity contribution in [3.63, 3.8) is 0 Å². The van der Waals surface area contributed by atoms with E-state index in [2.05, 4.69) is 15.2 Å². The minimum atomic E-state index is -1.18. The SMILES string of the molecule is O=C(O)c1nnc(Oc2ccccc2)[nH]1. The summed E-state index contributed by atoms with van der Waals surface area (Å²) in [6, 6.07) is 8.94. The number of rotatable bonds is 3. The van der Waals surface area contributed by atoms with Crippen LogP contribution in [0, 0.1) is 0 Å². The van der Waals surface area contributed by atoms with Crippen LogP contribution >= 0.6 is 0 Å². The third-order valence-electron chi connectivity index (χ3n) is 1.63. The molecule has 1 heterocycles. The number of hydrogen-bond donors (Lipinski definition) is 2. The fourth-order valence-corrected chi connectivity index (χ4v) is 0.989. The third kappa shape index (κ3) is 2.11. The van der Waals surface area contributed by atoms with E-state index in [4.69, 9.17) is 9.84 Å². The second-order valence-electron chi connectivity index (χ2n) is 2.70. The molecule has 0 bridgehead atoms. The van der Waals surface area contributed by atoms with Gasteiger partial charge in [-0.05, 0) is 12.1 Å². The molecule has 6 nitrogen and oxygen atoms in total. The van der Waals surface area contributed by atoms with Gasteiger partial charge in [0.15, 0.2) is 0 Å². The molecule has 0 amide bonds.